The van der Waals surface area contributed by atoms with E-state index in [0.29, 0.717) is 21.6 Å². The van der Waals surface area contributed by atoms with Crippen LogP contribution in [0.25, 0.3) is 49.1 Å². The third kappa shape index (κ3) is 3.81. The van der Waals surface area contributed by atoms with Gasteiger partial charge in [-0.15, -0.1) is 11.3 Å². The van der Waals surface area contributed by atoms with Gasteiger partial charge in [-0.3, -0.25) is 9.32 Å². The van der Waals surface area contributed by atoms with Crippen molar-refractivity contribution >= 4 is 43.8 Å². The SMILES string of the molecule is Nc1c(C(=O)c2c(O)on[n+]2-c2ccccc2)sc2nc(-c3cccc4ccccc34)cc(-c3ccccc3)c12. The lowest BCUT2D eigenvalue weighted by molar-refractivity contribution is -0.672. The largest absolute Gasteiger partial charge is 0.474 e. The molecule has 0 radical (unpaired) electrons. The van der Waals surface area contributed by atoms with Crippen LogP contribution >= 0.6 is 11.3 Å². The van der Waals surface area contributed by atoms with Crippen molar-refractivity contribution in [2.45, 2.75) is 0 Å². The van der Waals surface area contributed by atoms with Crippen LogP contribution in [-0.2, 0) is 0 Å². The van der Waals surface area contributed by atoms with E-state index < -0.39 is 11.7 Å². The summed E-state index contributed by atoms with van der Waals surface area (Å²) in [7, 11) is 0. The van der Waals surface area contributed by atoms with Gasteiger partial charge >= 0.3 is 11.6 Å². The summed E-state index contributed by atoms with van der Waals surface area (Å²) in [6.07, 6.45) is 0. The number of thiophene rings is 1. The first kappa shape index (κ1) is 23.8. The van der Waals surface area contributed by atoms with Gasteiger partial charge in [-0.2, -0.15) is 0 Å². The molecule has 0 saturated heterocycles. The van der Waals surface area contributed by atoms with E-state index in [1.807, 2.05) is 66.7 Å². The normalized spacial score (nSPS) is 11.3. The Balaban J connectivity index is 1.47. The van der Waals surface area contributed by atoms with E-state index in [1.54, 1.807) is 24.3 Å². The molecule has 7 aromatic rings. The minimum atomic E-state index is -0.585. The van der Waals surface area contributed by atoms with Crippen molar-refractivity contribution in [1.29, 1.82) is 0 Å². The van der Waals surface area contributed by atoms with Gasteiger partial charge in [-0.1, -0.05) is 91.0 Å². The smallest absolute Gasteiger partial charge is 0.393 e. The van der Waals surface area contributed by atoms with Crippen LogP contribution in [0.5, 0.6) is 5.95 Å². The van der Waals surface area contributed by atoms with Crippen molar-refractivity contribution < 1.29 is 19.1 Å². The van der Waals surface area contributed by atoms with Crippen LogP contribution in [0.4, 0.5) is 5.69 Å². The Labute approximate surface area is 232 Å². The number of carbonyl (C=O) groups excluding carboxylic acids is 1. The number of aromatic nitrogens is 3. The zero-order valence-corrected chi connectivity index (χ0v) is 21.8. The van der Waals surface area contributed by atoms with Crippen molar-refractivity contribution in [2.24, 2.45) is 0 Å². The van der Waals surface area contributed by atoms with Crippen molar-refractivity contribution in [1.82, 2.24) is 10.3 Å². The quantitative estimate of drug-likeness (QED) is 0.189. The molecule has 0 amide bonds. The van der Waals surface area contributed by atoms with E-state index >= 15 is 0 Å². The molecule has 0 aliphatic heterocycles. The molecule has 0 aliphatic carbocycles. The molecule has 7 rings (SSSR count). The fourth-order valence-electron chi connectivity index (χ4n) is 5.02. The summed E-state index contributed by atoms with van der Waals surface area (Å²) in [6, 6.07) is 35.2. The second kappa shape index (κ2) is 9.44. The molecular weight excluding hydrogens is 520 g/mol. The molecule has 8 heteroatoms. The number of nitrogen functional groups attached to an aromatic ring is 1. The van der Waals surface area contributed by atoms with Gasteiger partial charge in [0.1, 0.15) is 9.71 Å². The summed E-state index contributed by atoms with van der Waals surface area (Å²) in [6.45, 7) is 0. The average Bonchev–Trinajstić information content (AvgIpc) is 3.56. The molecule has 192 valence electrons. The molecule has 0 aliphatic rings. The van der Waals surface area contributed by atoms with Crippen LogP contribution in [0, 0.1) is 0 Å². The Hall–Kier alpha value is -5.34. The van der Waals surface area contributed by atoms with Gasteiger partial charge in [0.15, 0.2) is 0 Å². The lowest BCUT2D eigenvalue weighted by Gasteiger charge is -2.11. The summed E-state index contributed by atoms with van der Waals surface area (Å²) < 4.78 is 6.29. The summed E-state index contributed by atoms with van der Waals surface area (Å²) in [4.78, 5) is 19.8. The Bertz CT molecular complexity index is 2040. The highest BCUT2D eigenvalue weighted by atomic mass is 32.1. The highest BCUT2D eigenvalue weighted by Gasteiger charge is 2.37. The molecule has 3 aromatic heterocycles. The van der Waals surface area contributed by atoms with E-state index in [0.717, 1.165) is 33.2 Å². The van der Waals surface area contributed by atoms with E-state index in [4.69, 9.17) is 15.2 Å². The van der Waals surface area contributed by atoms with Gasteiger partial charge < -0.3 is 10.8 Å². The summed E-state index contributed by atoms with van der Waals surface area (Å²) in [5.41, 5.74) is 11.0. The van der Waals surface area contributed by atoms with Gasteiger partial charge in [0.05, 0.1) is 11.4 Å². The molecule has 40 heavy (non-hydrogen) atoms. The van der Waals surface area contributed by atoms with Crippen LogP contribution < -0.4 is 10.4 Å². The lowest BCUT2D eigenvalue weighted by Crippen LogP contribution is -2.38. The highest BCUT2D eigenvalue weighted by Crippen LogP contribution is 2.43. The molecule has 0 bridgehead atoms. The second-order valence-corrected chi connectivity index (χ2v) is 10.3. The van der Waals surface area contributed by atoms with E-state index in [9.17, 15) is 9.90 Å². The molecule has 3 heterocycles. The second-order valence-electron chi connectivity index (χ2n) is 9.28. The number of nitrogens with two attached hydrogens (primary N) is 1. The van der Waals surface area contributed by atoms with Gasteiger partial charge in [-0.25, -0.2) is 4.98 Å². The van der Waals surface area contributed by atoms with Crippen molar-refractivity contribution in [2.75, 3.05) is 5.73 Å². The average molecular weight is 542 g/mol. The molecule has 0 fully saturated rings. The van der Waals surface area contributed by atoms with Gasteiger partial charge in [0, 0.05) is 27.8 Å². The third-order valence-corrected chi connectivity index (χ3v) is 7.99. The van der Waals surface area contributed by atoms with Crippen LogP contribution in [0.1, 0.15) is 15.4 Å². The predicted molar refractivity (Wildman–Crippen MR) is 156 cm³/mol. The molecule has 3 N–H and O–H groups in total. The summed E-state index contributed by atoms with van der Waals surface area (Å²) in [5, 5.41) is 17.3. The topological polar surface area (TPSA) is 106 Å². The number of fused-ring (bicyclic) bond motifs is 2. The fourth-order valence-corrected chi connectivity index (χ4v) is 6.08. The Morgan fingerprint density at radius 1 is 0.850 bits per heavy atom. The van der Waals surface area contributed by atoms with Crippen LogP contribution in [0.15, 0.2) is 114 Å². The van der Waals surface area contributed by atoms with Crippen LogP contribution in [-0.4, -0.2) is 21.1 Å². The zero-order chi connectivity index (χ0) is 27.2. The van der Waals surface area contributed by atoms with Gasteiger partial charge in [0.2, 0.25) is 11.0 Å². The first-order chi connectivity index (χ1) is 19.6. The number of rotatable bonds is 5. The standard InChI is InChI=1S/C32H20N4O3S/c33-27-26-24(20-10-3-1-4-11-20)18-25(23-17-9-13-19-12-7-8-16-22(19)23)34-31(26)40-30(27)29(37)28-32(38)39-35-36(28)21-14-5-2-6-15-21/h1-18H,(H2-,33,35,37,38)/p+1. The number of nitrogens with zero attached hydrogens (tertiary/aromatic N) is 3. The number of pyridine rings is 1. The molecule has 0 unspecified atom stereocenters. The number of anilines is 1. The number of ketones is 1. The maximum atomic E-state index is 13.9. The number of para-hydroxylation sites is 1. The molecule has 0 atom stereocenters. The van der Waals surface area contributed by atoms with Crippen molar-refractivity contribution in [3.05, 3.63) is 120 Å². The van der Waals surface area contributed by atoms with Crippen LogP contribution in [0.2, 0.25) is 0 Å². The molecule has 0 saturated carbocycles. The molecule has 0 spiro atoms. The maximum absolute atomic E-state index is 13.9. The Morgan fingerprint density at radius 3 is 2.35 bits per heavy atom. The van der Waals surface area contributed by atoms with E-state index in [1.165, 1.54) is 16.0 Å². The summed E-state index contributed by atoms with van der Waals surface area (Å²) >= 11 is 1.19. The fraction of sp³-hybridized carbons (Fsp3) is 0. The van der Waals surface area contributed by atoms with Crippen molar-refractivity contribution in [3.63, 3.8) is 0 Å². The predicted octanol–water partition coefficient (Wildman–Crippen LogP) is 6.57. The minimum absolute atomic E-state index is 0.111. The van der Waals surface area contributed by atoms with Crippen LogP contribution in [0.3, 0.4) is 0 Å². The first-order valence-electron chi connectivity index (χ1n) is 12.6. The number of carbonyl (C=O) groups is 1. The van der Waals surface area contributed by atoms with Crippen molar-refractivity contribution in [3.8, 4) is 34.0 Å². The highest BCUT2D eigenvalue weighted by molar-refractivity contribution is 7.21. The Morgan fingerprint density at radius 2 is 1.55 bits per heavy atom. The minimum Gasteiger partial charge on any atom is -0.474 e. The molecule has 4 aromatic carbocycles. The number of hydrogen-bond acceptors (Lipinski definition) is 7. The maximum Gasteiger partial charge on any atom is 0.393 e. The number of aromatic hydroxyl groups is 1. The zero-order valence-electron chi connectivity index (χ0n) is 21.0. The number of benzene rings is 4. The Kier molecular flexibility index (Phi) is 5.61. The summed E-state index contributed by atoms with van der Waals surface area (Å²) in [5.74, 6) is -1.09. The van der Waals surface area contributed by atoms with Gasteiger partial charge in [-0.05, 0) is 28.0 Å². The van der Waals surface area contributed by atoms with Gasteiger partial charge in [0.25, 0.3) is 5.78 Å². The first-order valence-corrected chi connectivity index (χ1v) is 13.4. The monoisotopic (exact) mass is 541 g/mol. The number of hydrogen-bond donors (Lipinski definition) is 2. The van der Waals surface area contributed by atoms with E-state index in [2.05, 4.69) is 23.5 Å². The molecule has 7 nitrogen and oxygen atoms in total. The third-order valence-electron chi connectivity index (χ3n) is 6.89. The lowest BCUT2D eigenvalue weighted by atomic mass is 9.97. The molecular formula is C32H21N4O3S+. The van der Waals surface area contributed by atoms with E-state index in [-0.39, 0.29) is 10.6 Å².